The highest BCUT2D eigenvalue weighted by molar-refractivity contribution is 8.00. The number of anilines is 1. The van der Waals surface area contributed by atoms with Gasteiger partial charge in [-0.2, -0.15) is 0 Å². The molecular weight excluding hydrogens is 315 g/mol. The summed E-state index contributed by atoms with van der Waals surface area (Å²) in [6, 6.07) is 11.1. The third kappa shape index (κ3) is 5.10. The quantitative estimate of drug-likeness (QED) is 0.835. The Hall–Kier alpha value is -2.34. The average Bonchev–Trinajstić information content (AvgIpc) is 2.50. The van der Waals surface area contributed by atoms with Crippen LogP contribution in [0.3, 0.4) is 0 Å². The van der Waals surface area contributed by atoms with Crippen LogP contribution in [0.2, 0.25) is 0 Å². The van der Waals surface area contributed by atoms with E-state index >= 15 is 0 Å². The predicted molar refractivity (Wildman–Crippen MR) is 90.2 cm³/mol. The van der Waals surface area contributed by atoms with Crippen molar-refractivity contribution in [2.75, 3.05) is 11.1 Å². The zero-order valence-electron chi connectivity index (χ0n) is 12.9. The van der Waals surface area contributed by atoms with Gasteiger partial charge in [0.05, 0.1) is 5.75 Å². The lowest BCUT2D eigenvalue weighted by Gasteiger charge is -2.08. The first-order valence-electron chi connectivity index (χ1n) is 7.01. The van der Waals surface area contributed by atoms with Crippen molar-refractivity contribution in [2.24, 2.45) is 0 Å². The van der Waals surface area contributed by atoms with Crippen molar-refractivity contribution < 1.29 is 14.0 Å². The minimum absolute atomic E-state index is 0.0404. The lowest BCUT2D eigenvalue weighted by Crippen LogP contribution is -2.35. The fourth-order valence-corrected chi connectivity index (χ4v) is 2.59. The molecule has 2 rings (SSSR count). The molecule has 0 aliphatic heterocycles. The molecule has 0 saturated carbocycles. The van der Waals surface area contributed by atoms with Crippen LogP contribution in [0.15, 0.2) is 47.4 Å². The monoisotopic (exact) mass is 332 g/mol. The molecule has 4 nitrogen and oxygen atoms in total. The molecule has 0 fully saturated rings. The van der Waals surface area contributed by atoms with E-state index in [4.69, 9.17) is 0 Å². The van der Waals surface area contributed by atoms with Crippen molar-refractivity contribution in [3.63, 3.8) is 0 Å². The van der Waals surface area contributed by atoms with Gasteiger partial charge in [0.2, 0.25) is 5.91 Å². The highest BCUT2D eigenvalue weighted by Gasteiger charge is 2.10. The predicted octanol–water partition coefficient (Wildman–Crippen LogP) is 3.88. The number of nitrogens with one attached hydrogen (secondary N) is 2. The molecule has 0 aliphatic carbocycles. The minimum Gasteiger partial charge on any atom is -0.308 e. The van der Waals surface area contributed by atoms with Crippen LogP contribution in [0.5, 0.6) is 0 Å². The second kappa shape index (κ2) is 7.78. The van der Waals surface area contributed by atoms with Gasteiger partial charge in [0.15, 0.2) is 0 Å². The molecule has 120 valence electrons. The third-order valence-electron chi connectivity index (χ3n) is 3.21. The Morgan fingerprint density at radius 1 is 1.09 bits per heavy atom. The Kier molecular flexibility index (Phi) is 5.76. The highest BCUT2D eigenvalue weighted by Crippen LogP contribution is 2.20. The fraction of sp³-hybridized carbons (Fsp3) is 0.176. The first-order valence-corrected chi connectivity index (χ1v) is 7.99. The SMILES string of the molecule is Cc1ccc(NC(=O)NC(=O)CSc2ccccc2F)cc1C. The van der Waals surface area contributed by atoms with E-state index in [1.165, 1.54) is 6.07 Å². The Morgan fingerprint density at radius 2 is 1.83 bits per heavy atom. The maximum Gasteiger partial charge on any atom is 0.325 e. The van der Waals surface area contributed by atoms with Crippen LogP contribution in [0.4, 0.5) is 14.9 Å². The summed E-state index contributed by atoms with van der Waals surface area (Å²) in [5.41, 5.74) is 2.78. The van der Waals surface area contributed by atoms with Crippen LogP contribution >= 0.6 is 11.8 Å². The number of urea groups is 1. The van der Waals surface area contributed by atoms with Crippen LogP contribution in [0.25, 0.3) is 0 Å². The molecule has 0 aliphatic rings. The molecule has 0 heterocycles. The van der Waals surface area contributed by atoms with Crippen LogP contribution in [0, 0.1) is 19.7 Å². The topological polar surface area (TPSA) is 58.2 Å². The van der Waals surface area contributed by atoms with Gasteiger partial charge in [-0.05, 0) is 49.2 Å². The van der Waals surface area contributed by atoms with Gasteiger partial charge in [0, 0.05) is 10.6 Å². The average molecular weight is 332 g/mol. The Balaban J connectivity index is 1.84. The number of imide groups is 1. The lowest BCUT2D eigenvalue weighted by molar-refractivity contribution is -0.117. The maximum atomic E-state index is 13.4. The zero-order valence-corrected chi connectivity index (χ0v) is 13.7. The van der Waals surface area contributed by atoms with Crippen molar-refractivity contribution in [3.8, 4) is 0 Å². The lowest BCUT2D eigenvalue weighted by atomic mass is 10.1. The third-order valence-corrected chi connectivity index (χ3v) is 4.26. The summed E-state index contributed by atoms with van der Waals surface area (Å²) in [6.07, 6.45) is 0. The van der Waals surface area contributed by atoms with E-state index in [1.807, 2.05) is 26.0 Å². The normalized spacial score (nSPS) is 10.2. The molecule has 2 N–H and O–H groups in total. The molecule has 23 heavy (non-hydrogen) atoms. The van der Waals surface area contributed by atoms with Crippen molar-refractivity contribution in [3.05, 3.63) is 59.4 Å². The standard InChI is InChI=1S/C17H17FN2O2S/c1-11-7-8-13(9-12(11)2)19-17(22)20-16(21)10-23-15-6-4-3-5-14(15)18/h3-9H,10H2,1-2H3,(H2,19,20,21,22). The molecule has 3 amide bonds. The molecule has 2 aromatic rings. The summed E-state index contributed by atoms with van der Waals surface area (Å²) in [6.45, 7) is 3.91. The van der Waals surface area contributed by atoms with Gasteiger partial charge in [-0.15, -0.1) is 11.8 Å². The molecule has 0 bridgehead atoms. The van der Waals surface area contributed by atoms with E-state index in [0.29, 0.717) is 10.6 Å². The first kappa shape index (κ1) is 17.0. The molecule has 0 aromatic heterocycles. The zero-order chi connectivity index (χ0) is 16.8. The molecule has 0 spiro atoms. The summed E-state index contributed by atoms with van der Waals surface area (Å²) in [7, 11) is 0. The van der Waals surface area contributed by atoms with E-state index < -0.39 is 11.9 Å². The summed E-state index contributed by atoms with van der Waals surface area (Å²) in [4.78, 5) is 23.9. The number of carbonyl (C=O) groups is 2. The van der Waals surface area contributed by atoms with E-state index in [1.54, 1.807) is 24.3 Å². The second-order valence-corrected chi connectivity index (χ2v) is 6.04. The van der Waals surface area contributed by atoms with Crippen molar-refractivity contribution in [1.29, 1.82) is 0 Å². The number of thioether (sulfide) groups is 1. The van der Waals surface area contributed by atoms with Gasteiger partial charge in [-0.1, -0.05) is 18.2 Å². The maximum absolute atomic E-state index is 13.4. The Bertz CT molecular complexity index is 734. The first-order chi connectivity index (χ1) is 11.0. The smallest absolute Gasteiger partial charge is 0.308 e. The molecule has 6 heteroatoms. The Labute approximate surface area is 138 Å². The molecular formula is C17H17FN2O2S. The van der Waals surface area contributed by atoms with Crippen molar-refractivity contribution in [1.82, 2.24) is 5.32 Å². The van der Waals surface area contributed by atoms with Gasteiger partial charge < -0.3 is 5.32 Å². The molecule has 0 atom stereocenters. The van der Waals surface area contributed by atoms with Gasteiger partial charge in [-0.25, -0.2) is 9.18 Å². The number of carbonyl (C=O) groups excluding carboxylic acids is 2. The molecule has 0 radical (unpaired) electrons. The summed E-state index contributed by atoms with van der Waals surface area (Å²) in [5.74, 6) is -0.911. The number of benzene rings is 2. The summed E-state index contributed by atoms with van der Waals surface area (Å²) < 4.78 is 13.4. The number of rotatable bonds is 4. The number of hydrogen-bond donors (Lipinski definition) is 2. The van der Waals surface area contributed by atoms with Gasteiger partial charge in [0.1, 0.15) is 5.82 Å². The van der Waals surface area contributed by atoms with E-state index in [-0.39, 0.29) is 11.6 Å². The van der Waals surface area contributed by atoms with Crippen molar-refractivity contribution in [2.45, 2.75) is 18.7 Å². The number of aryl methyl sites for hydroxylation is 2. The Morgan fingerprint density at radius 3 is 2.52 bits per heavy atom. The fourth-order valence-electron chi connectivity index (χ4n) is 1.85. The minimum atomic E-state index is -0.604. The largest absolute Gasteiger partial charge is 0.325 e. The summed E-state index contributed by atoms with van der Waals surface area (Å²) >= 11 is 1.04. The number of amides is 3. The van der Waals surface area contributed by atoms with Crippen LogP contribution < -0.4 is 10.6 Å². The van der Waals surface area contributed by atoms with E-state index in [0.717, 1.165) is 22.9 Å². The number of halogens is 1. The van der Waals surface area contributed by atoms with E-state index in [9.17, 15) is 14.0 Å². The van der Waals surface area contributed by atoms with Crippen LogP contribution in [0.1, 0.15) is 11.1 Å². The number of hydrogen-bond acceptors (Lipinski definition) is 3. The van der Waals surface area contributed by atoms with E-state index in [2.05, 4.69) is 10.6 Å². The summed E-state index contributed by atoms with van der Waals surface area (Å²) in [5, 5.41) is 4.82. The molecule has 0 unspecified atom stereocenters. The van der Waals surface area contributed by atoms with Gasteiger partial charge in [-0.3, -0.25) is 10.1 Å². The van der Waals surface area contributed by atoms with Crippen LogP contribution in [-0.2, 0) is 4.79 Å². The molecule has 0 saturated heterocycles. The molecule has 2 aromatic carbocycles. The van der Waals surface area contributed by atoms with Gasteiger partial charge in [0.25, 0.3) is 0 Å². The van der Waals surface area contributed by atoms with Gasteiger partial charge >= 0.3 is 6.03 Å². The van der Waals surface area contributed by atoms with Crippen LogP contribution in [-0.4, -0.2) is 17.7 Å². The van der Waals surface area contributed by atoms with Crippen molar-refractivity contribution >= 4 is 29.4 Å². The second-order valence-electron chi connectivity index (χ2n) is 5.02. The highest BCUT2D eigenvalue weighted by atomic mass is 32.2.